The molecule has 25 heavy (non-hydrogen) atoms. The number of carbonyl (C=O) groups is 3. The molecule has 2 aliphatic heterocycles. The lowest BCUT2D eigenvalue weighted by Crippen LogP contribution is -2.38. The molecular weight excluding hydrogens is 329 g/mol. The van der Waals surface area contributed by atoms with Crippen LogP contribution in [-0.2, 0) is 14.3 Å². The zero-order valence-corrected chi connectivity index (χ0v) is 13.4. The van der Waals surface area contributed by atoms with Gasteiger partial charge in [-0.25, -0.2) is 9.18 Å². The first-order valence-electron chi connectivity index (χ1n) is 7.95. The van der Waals surface area contributed by atoms with Gasteiger partial charge in [0.2, 0.25) is 0 Å². The Morgan fingerprint density at radius 2 is 2.08 bits per heavy atom. The van der Waals surface area contributed by atoms with Gasteiger partial charge in [-0.3, -0.25) is 14.5 Å². The number of amides is 2. The minimum atomic E-state index is -0.957. The summed E-state index contributed by atoms with van der Waals surface area (Å²) in [6, 6.07) is 7.02. The van der Waals surface area contributed by atoms with Crippen LogP contribution in [0, 0.1) is 0 Å². The van der Waals surface area contributed by atoms with Crippen molar-refractivity contribution in [3.63, 3.8) is 0 Å². The van der Waals surface area contributed by atoms with E-state index in [-0.39, 0.29) is 24.9 Å². The Morgan fingerprint density at radius 1 is 1.32 bits per heavy atom. The molecule has 0 spiro atoms. The highest BCUT2D eigenvalue weighted by atomic mass is 19.1. The van der Waals surface area contributed by atoms with Crippen LogP contribution >= 0.6 is 0 Å². The Labute approximate surface area is 143 Å². The predicted molar refractivity (Wildman–Crippen MR) is 87.7 cm³/mol. The summed E-state index contributed by atoms with van der Waals surface area (Å²) < 4.78 is 17.1. The maximum atomic E-state index is 12.1. The van der Waals surface area contributed by atoms with Gasteiger partial charge in [-0.1, -0.05) is 12.1 Å². The molecule has 1 aromatic carbocycles. The quantitative estimate of drug-likeness (QED) is 0.836. The maximum absolute atomic E-state index is 12.1. The number of benzene rings is 1. The van der Waals surface area contributed by atoms with E-state index in [0.29, 0.717) is 12.1 Å². The summed E-state index contributed by atoms with van der Waals surface area (Å²) >= 11 is 0. The average molecular weight is 347 g/mol. The van der Waals surface area contributed by atoms with E-state index in [4.69, 9.17) is 4.74 Å². The third-order valence-electron chi connectivity index (χ3n) is 4.08. The number of ether oxygens (including phenoxy) is 1. The third-order valence-corrected chi connectivity index (χ3v) is 4.08. The number of carbonyl (C=O) groups excluding carboxylic acids is 3. The molecular formula is C17H18FN3O4. The van der Waals surface area contributed by atoms with Crippen molar-refractivity contribution < 1.29 is 23.5 Å². The molecule has 2 amide bonds. The maximum Gasteiger partial charge on any atom is 0.415 e. The number of allylic oxidation sites excluding steroid dienone is 1. The number of rotatable bonds is 5. The van der Waals surface area contributed by atoms with Crippen molar-refractivity contribution in [2.24, 2.45) is 0 Å². The van der Waals surface area contributed by atoms with Gasteiger partial charge in [-0.05, 0) is 23.8 Å². The number of hydrogen-bond acceptors (Lipinski definition) is 5. The fraction of sp³-hybridized carbons (Fsp3) is 0.353. The second-order valence-electron chi connectivity index (χ2n) is 5.78. The number of hydrogen-bond donors (Lipinski definition) is 2. The Hall–Kier alpha value is -2.90. The number of cyclic esters (lactones) is 1. The normalized spacial score (nSPS) is 22.5. The second kappa shape index (κ2) is 7.33. The summed E-state index contributed by atoms with van der Waals surface area (Å²) in [6.45, 7) is -0.715. The smallest absolute Gasteiger partial charge is 0.415 e. The van der Waals surface area contributed by atoms with Crippen LogP contribution in [0.15, 0.2) is 36.5 Å². The molecule has 2 aliphatic rings. The fourth-order valence-corrected chi connectivity index (χ4v) is 2.78. The van der Waals surface area contributed by atoms with Crippen LogP contribution < -0.4 is 15.5 Å². The van der Waals surface area contributed by atoms with Crippen LogP contribution in [0.4, 0.5) is 14.9 Å². The lowest BCUT2D eigenvalue weighted by Gasteiger charge is -2.21. The van der Waals surface area contributed by atoms with E-state index in [1.165, 1.54) is 11.0 Å². The number of anilines is 1. The lowest BCUT2D eigenvalue weighted by molar-refractivity contribution is -0.127. The van der Waals surface area contributed by atoms with Crippen LogP contribution in [0.25, 0.3) is 0 Å². The summed E-state index contributed by atoms with van der Waals surface area (Å²) in [5, 5.41) is 5.47. The molecule has 1 unspecified atom stereocenters. The van der Waals surface area contributed by atoms with Gasteiger partial charge < -0.3 is 15.4 Å². The highest BCUT2D eigenvalue weighted by Crippen LogP contribution is 2.26. The predicted octanol–water partition coefficient (Wildman–Crippen LogP) is 1.21. The van der Waals surface area contributed by atoms with Crippen LogP contribution in [0.2, 0.25) is 0 Å². The molecule has 2 N–H and O–H groups in total. The van der Waals surface area contributed by atoms with Crippen LogP contribution in [0.5, 0.6) is 0 Å². The van der Waals surface area contributed by atoms with Crippen LogP contribution in [-0.4, -0.2) is 43.7 Å². The first-order valence-corrected chi connectivity index (χ1v) is 7.95. The van der Waals surface area contributed by atoms with Crippen molar-refractivity contribution in [1.29, 1.82) is 0 Å². The van der Waals surface area contributed by atoms with Crippen molar-refractivity contribution in [3.8, 4) is 0 Å². The van der Waals surface area contributed by atoms with E-state index in [9.17, 15) is 18.8 Å². The first kappa shape index (κ1) is 16.9. The van der Waals surface area contributed by atoms with Crippen molar-refractivity contribution in [2.75, 3.05) is 24.7 Å². The van der Waals surface area contributed by atoms with E-state index in [1.54, 1.807) is 18.3 Å². The Morgan fingerprint density at radius 3 is 2.76 bits per heavy atom. The van der Waals surface area contributed by atoms with E-state index in [2.05, 4.69) is 10.6 Å². The first-order chi connectivity index (χ1) is 12.1. The summed E-state index contributed by atoms with van der Waals surface area (Å²) in [5.74, 6) is -0.458. The summed E-state index contributed by atoms with van der Waals surface area (Å²) in [5.41, 5.74) is 1.51. The highest BCUT2D eigenvalue weighted by molar-refractivity contribution is 5.95. The minimum absolute atomic E-state index is 0.0538. The Kier molecular flexibility index (Phi) is 4.97. The fourth-order valence-electron chi connectivity index (χ4n) is 2.78. The van der Waals surface area contributed by atoms with Crippen molar-refractivity contribution >= 4 is 23.5 Å². The molecule has 0 saturated carbocycles. The molecule has 8 heteroatoms. The van der Waals surface area contributed by atoms with Crippen LogP contribution in [0.3, 0.4) is 0 Å². The molecule has 1 fully saturated rings. The van der Waals surface area contributed by atoms with Gasteiger partial charge in [0.15, 0.2) is 11.9 Å². The van der Waals surface area contributed by atoms with Gasteiger partial charge in [0.1, 0.15) is 6.67 Å². The minimum Gasteiger partial charge on any atom is -0.434 e. The second-order valence-corrected chi connectivity index (χ2v) is 5.78. The summed E-state index contributed by atoms with van der Waals surface area (Å²) in [6.07, 6.45) is 1.92. The van der Waals surface area contributed by atoms with Crippen LogP contribution in [0.1, 0.15) is 18.0 Å². The lowest BCUT2D eigenvalue weighted by atomic mass is 9.99. The standard InChI is InChI=1S/C17H18FN3O4/c18-6-8-20-16(23)15-10-21(17(24)25-15)12-3-1-11(2-4-12)14-9-13(22)5-7-19-14/h1-5,7,14-15,19H,6,8-10H2,(H,20,23)/t14?,15-/m1/s1. The highest BCUT2D eigenvalue weighted by Gasteiger charge is 2.36. The number of halogens is 1. The zero-order valence-electron chi connectivity index (χ0n) is 13.4. The SMILES string of the molecule is O=C1C=CNC(c2ccc(N3C[C@H](C(=O)NCCF)OC3=O)cc2)C1. The number of nitrogens with zero attached hydrogens (tertiary/aromatic N) is 1. The third kappa shape index (κ3) is 3.78. The van der Waals surface area contributed by atoms with Gasteiger partial charge >= 0.3 is 6.09 Å². The molecule has 0 bridgehead atoms. The average Bonchev–Trinajstić information content (AvgIpc) is 3.01. The Balaban J connectivity index is 1.66. The molecule has 0 radical (unpaired) electrons. The largest absolute Gasteiger partial charge is 0.434 e. The van der Waals surface area contributed by atoms with Crippen molar-refractivity contribution in [2.45, 2.75) is 18.6 Å². The van der Waals surface area contributed by atoms with Crippen molar-refractivity contribution in [3.05, 3.63) is 42.1 Å². The molecule has 1 aromatic rings. The van der Waals surface area contributed by atoms with E-state index in [0.717, 1.165) is 5.56 Å². The van der Waals surface area contributed by atoms with E-state index < -0.39 is 24.8 Å². The number of alkyl halides is 1. The molecule has 0 aliphatic carbocycles. The number of nitrogens with one attached hydrogen (secondary N) is 2. The number of ketones is 1. The molecule has 7 nitrogen and oxygen atoms in total. The Bertz CT molecular complexity index is 704. The molecule has 132 valence electrons. The molecule has 1 saturated heterocycles. The van der Waals surface area contributed by atoms with Gasteiger partial charge in [-0.2, -0.15) is 0 Å². The monoisotopic (exact) mass is 347 g/mol. The molecule has 3 rings (SSSR count). The van der Waals surface area contributed by atoms with Gasteiger partial charge in [0, 0.05) is 24.9 Å². The molecule has 0 aromatic heterocycles. The topological polar surface area (TPSA) is 87.7 Å². The van der Waals surface area contributed by atoms with E-state index in [1.807, 2.05) is 12.1 Å². The van der Waals surface area contributed by atoms with E-state index >= 15 is 0 Å². The molecule has 2 atom stereocenters. The molecule has 2 heterocycles. The van der Waals surface area contributed by atoms with Gasteiger partial charge in [0.05, 0.1) is 12.6 Å². The summed E-state index contributed by atoms with van der Waals surface area (Å²) in [7, 11) is 0. The van der Waals surface area contributed by atoms with Gasteiger partial charge in [-0.15, -0.1) is 0 Å². The van der Waals surface area contributed by atoms with Gasteiger partial charge in [0.25, 0.3) is 5.91 Å². The zero-order chi connectivity index (χ0) is 17.8. The van der Waals surface area contributed by atoms with Crippen molar-refractivity contribution in [1.82, 2.24) is 10.6 Å². The summed E-state index contributed by atoms with van der Waals surface area (Å²) in [4.78, 5) is 36.6.